The van der Waals surface area contributed by atoms with Gasteiger partial charge in [0.1, 0.15) is 5.82 Å². The molecule has 0 spiro atoms. The SMILES string of the molecule is Cc1nc(C)c(CCC(=O)N(C)Cc2cn[nH]c2)c(=O)[nH]1. The van der Waals surface area contributed by atoms with Crippen LogP contribution in [0.25, 0.3) is 0 Å². The molecule has 2 aromatic heterocycles. The van der Waals surface area contributed by atoms with Crippen LogP contribution in [0.15, 0.2) is 17.2 Å². The van der Waals surface area contributed by atoms with Crippen LogP contribution >= 0.6 is 0 Å². The minimum Gasteiger partial charge on any atom is -0.341 e. The average molecular weight is 289 g/mol. The monoisotopic (exact) mass is 289 g/mol. The Morgan fingerprint density at radius 1 is 1.38 bits per heavy atom. The van der Waals surface area contributed by atoms with Gasteiger partial charge in [0.05, 0.1) is 6.20 Å². The van der Waals surface area contributed by atoms with E-state index in [1.165, 1.54) is 0 Å². The number of amides is 1. The van der Waals surface area contributed by atoms with Crippen LogP contribution in [-0.4, -0.2) is 38.0 Å². The van der Waals surface area contributed by atoms with Gasteiger partial charge < -0.3 is 9.88 Å². The van der Waals surface area contributed by atoms with E-state index in [4.69, 9.17) is 0 Å². The summed E-state index contributed by atoms with van der Waals surface area (Å²) in [4.78, 5) is 32.5. The third-order valence-electron chi connectivity index (χ3n) is 3.33. The van der Waals surface area contributed by atoms with Crippen LogP contribution in [0.3, 0.4) is 0 Å². The number of rotatable bonds is 5. The van der Waals surface area contributed by atoms with Crippen molar-refractivity contribution in [1.29, 1.82) is 0 Å². The van der Waals surface area contributed by atoms with Gasteiger partial charge in [-0.3, -0.25) is 14.7 Å². The summed E-state index contributed by atoms with van der Waals surface area (Å²) in [5.41, 5.74) is 2.04. The van der Waals surface area contributed by atoms with Crippen molar-refractivity contribution in [3.63, 3.8) is 0 Å². The number of carbonyl (C=O) groups is 1. The standard InChI is InChI=1S/C14H19N5O2/c1-9-12(14(21)18-10(2)17-9)4-5-13(20)19(3)8-11-6-15-16-7-11/h6-7H,4-5,8H2,1-3H3,(H,15,16)(H,17,18,21). The Morgan fingerprint density at radius 3 is 2.76 bits per heavy atom. The molecule has 21 heavy (non-hydrogen) atoms. The number of aromatic nitrogens is 4. The smallest absolute Gasteiger partial charge is 0.254 e. The highest BCUT2D eigenvalue weighted by Crippen LogP contribution is 2.06. The zero-order valence-electron chi connectivity index (χ0n) is 12.4. The second-order valence-electron chi connectivity index (χ2n) is 5.07. The molecular formula is C14H19N5O2. The molecule has 7 heteroatoms. The predicted octanol–water partition coefficient (Wildman–Crippen LogP) is 0.701. The number of aryl methyl sites for hydroxylation is 2. The molecule has 0 unspecified atom stereocenters. The maximum absolute atomic E-state index is 12.1. The van der Waals surface area contributed by atoms with E-state index >= 15 is 0 Å². The Bertz CT molecular complexity index is 675. The molecule has 112 valence electrons. The summed E-state index contributed by atoms with van der Waals surface area (Å²) in [7, 11) is 1.74. The van der Waals surface area contributed by atoms with Crippen LogP contribution in [0.4, 0.5) is 0 Å². The molecule has 0 aliphatic heterocycles. The molecule has 0 saturated carbocycles. The van der Waals surface area contributed by atoms with E-state index in [0.717, 1.165) is 5.56 Å². The number of hydrogen-bond acceptors (Lipinski definition) is 4. The van der Waals surface area contributed by atoms with Crippen LogP contribution in [-0.2, 0) is 17.8 Å². The number of nitrogens with zero attached hydrogens (tertiary/aromatic N) is 3. The van der Waals surface area contributed by atoms with E-state index in [0.29, 0.717) is 30.0 Å². The third-order valence-corrected chi connectivity index (χ3v) is 3.33. The summed E-state index contributed by atoms with van der Waals surface area (Å²) in [6.45, 7) is 4.02. The maximum Gasteiger partial charge on any atom is 0.254 e. The fourth-order valence-electron chi connectivity index (χ4n) is 2.19. The van der Waals surface area contributed by atoms with Gasteiger partial charge in [-0.25, -0.2) is 4.98 Å². The molecule has 0 aromatic carbocycles. The van der Waals surface area contributed by atoms with Gasteiger partial charge >= 0.3 is 0 Å². The van der Waals surface area contributed by atoms with Crippen molar-refractivity contribution in [2.24, 2.45) is 0 Å². The van der Waals surface area contributed by atoms with E-state index in [2.05, 4.69) is 20.2 Å². The van der Waals surface area contributed by atoms with Crippen molar-refractivity contribution in [3.8, 4) is 0 Å². The molecule has 2 aromatic rings. The highest BCUT2D eigenvalue weighted by atomic mass is 16.2. The van der Waals surface area contributed by atoms with Gasteiger partial charge in [-0.15, -0.1) is 0 Å². The van der Waals surface area contributed by atoms with Crippen molar-refractivity contribution in [2.75, 3.05) is 7.05 Å². The molecule has 0 fully saturated rings. The summed E-state index contributed by atoms with van der Waals surface area (Å²) in [5.74, 6) is 0.570. The first-order valence-electron chi connectivity index (χ1n) is 6.75. The van der Waals surface area contributed by atoms with E-state index in [1.807, 2.05) is 0 Å². The lowest BCUT2D eigenvalue weighted by Crippen LogP contribution is -2.27. The second kappa shape index (κ2) is 6.34. The van der Waals surface area contributed by atoms with Gasteiger partial charge in [0.25, 0.3) is 5.56 Å². The Kier molecular flexibility index (Phi) is 4.52. The molecule has 2 heterocycles. The zero-order valence-corrected chi connectivity index (χ0v) is 12.4. The van der Waals surface area contributed by atoms with Gasteiger partial charge in [-0.2, -0.15) is 5.10 Å². The van der Waals surface area contributed by atoms with Crippen molar-refractivity contribution < 1.29 is 4.79 Å². The molecular weight excluding hydrogens is 270 g/mol. The fraction of sp³-hybridized carbons (Fsp3) is 0.429. The molecule has 7 nitrogen and oxygen atoms in total. The lowest BCUT2D eigenvalue weighted by molar-refractivity contribution is -0.130. The summed E-state index contributed by atoms with van der Waals surface area (Å²) in [6, 6.07) is 0. The molecule has 0 radical (unpaired) electrons. The van der Waals surface area contributed by atoms with Crippen molar-refractivity contribution in [3.05, 3.63) is 45.4 Å². The molecule has 2 rings (SSSR count). The van der Waals surface area contributed by atoms with Crippen LogP contribution < -0.4 is 5.56 Å². The Balaban J connectivity index is 1.96. The summed E-state index contributed by atoms with van der Waals surface area (Å²) in [6.07, 6.45) is 4.11. The number of nitrogens with one attached hydrogen (secondary N) is 2. The first-order chi connectivity index (χ1) is 9.97. The Labute approximate surface area is 122 Å². The van der Waals surface area contributed by atoms with E-state index < -0.39 is 0 Å². The Morgan fingerprint density at radius 2 is 2.14 bits per heavy atom. The summed E-state index contributed by atoms with van der Waals surface area (Å²) in [5, 5.41) is 6.55. The minimum atomic E-state index is -0.162. The number of H-pyrrole nitrogens is 2. The first kappa shape index (κ1) is 15.0. The Hall–Kier alpha value is -2.44. The van der Waals surface area contributed by atoms with Crippen molar-refractivity contribution in [2.45, 2.75) is 33.2 Å². The topological polar surface area (TPSA) is 94.7 Å². The molecule has 0 aliphatic carbocycles. The van der Waals surface area contributed by atoms with Crippen LogP contribution in [0.2, 0.25) is 0 Å². The third kappa shape index (κ3) is 3.77. The molecule has 0 saturated heterocycles. The molecule has 2 N–H and O–H groups in total. The van der Waals surface area contributed by atoms with Gasteiger partial charge in [0.2, 0.25) is 5.91 Å². The lowest BCUT2D eigenvalue weighted by Gasteiger charge is -2.16. The number of carbonyl (C=O) groups excluding carboxylic acids is 1. The minimum absolute atomic E-state index is 0.0180. The zero-order chi connectivity index (χ0) is 15.4. The van der Waals surface area contributed by atoms with Gasteiger partial charge in [0, 0.05) is 43.0 Å². The van der Waals surface area contributed by atoms with Gasteiger partial charge in [-0.1, -0.05) is 0 Å². The van der Waals surface area contributed by atoms with Gasteiger partial charge in [0.15, 0.2) is 0 Å². The quantitative estimate of drug-likeness (QED) is 0.847. The van der Waals surface area contributed by atoms with Crippen molar-refractivity contribution >= 4 is 5.91 Å². The van der Waals surface area contributed by atoms with Crippen LogP contribution in [0.5, 0.6) is 0 Å². The molecule has 0 aliphatic rings. The predicted molar refractivity (Wildman–Crippen MR) is 77.7 cm³/mol. The van der Waals surface area contributed by atoms with E-state index in [-0.39, 0.29) is 17.9 Å². The number of hydrogen-bond donors (Lipinski definition) is 2. The average Bonchev–Trinajstić information content (AvgIpc) is 2.89. The van der Waals surface area contributed by atoms with Crippen LogP contribution in [0, 0.1) is 13.8 Å². The summed E-state index contributed by atoms with van der Waals surface area (Å²) < 4.78 is 0. The van der Waals surface area contributed by atoms with E-state index in [1.54, 1.807) is 38.2 Å². The fourth-order valence-corrected chi connectivity index (χ4v) is 2.19. The maximum atomic E-state index is 12.1. The van der Waals surface area contributed by atoms with E-state index in [9.17, 15) is 9.59 Å². The normalized spacial score (nSPS) is 10.6. The lowest BCUT2D eigenvalue weighted by atomic mass is 10.1. The van der Waals surface area contributed by atoms with Crippen molar-refractivity contribution in [1.82, 2.24) is 25.1 Å². The molecule has 0 atom stereocenters. The molecule has 1 amide bonds. The highest BCUT2D eigenvalue weighted by molar-refractivity contribution is 5.76. The van der Waals surface area contributed by atoms with Crippen LogP contribution in [0.1, 0.15) is 29.1 Å². The highest BCUT2D eigenvalue weighted by Gasteiger charge is 2.13. The summed E-state index contributed by atoms with van der Waals surface area (Å²) >= 11 is 0. The van der Waals surface area contributed by atoms with Gasteiger partial charge in [-0.05, 0) is 20.3 Å². The largest absolute Gasteiger partial charge is 0.341 e. The number of aromatic amines is 2. The molecule has 0 bridgehead atoms. The second-order valence-corrected chi connectivity index (χ2v) is 5.07. The first-order valence-corrected chi connectivity index (χ1v) is 6.75.